The Morgan fingerprint density at radius 3 is 2.73 bits per heavy atom. The SMILES string of the molecule is CCOc1ccccc1C(=O)N/N=C/c1cc([N+](=O)[O-])cc(OC)c1O. The van der Waals surface area contributed by atoms with Gasteiger partial charge in [-0.2, -0.15) is 5.10 Å². The lowest BCUT2D eigenvalue weighted by atomic mass is 10.1. The van der Waals surface area contributed by atoms with Crippen LogP contribution in [0.3, 0.4) is 0 Å². The molecule has 9 nitrogen and oxygen atoms in total. The Hall–Kier alpha value is -3.62. The monoisotopic (exact) mass is 359 g/mol. The number of phenols is 1. The van der Waals surface area contributed by atoms with Crippen molar-refractivity contribution in [3.8, 4) is 17.2 Å². The van der Waals surface area contributed by atoms with Crippen LogP contribution in [-0.2, 0) is 0 Å². The lowest BCUT2D eigenvalue weighted by Gasteiger charge is -2.08. The number of rotatable bonds is 7. The molecule has 0 spiro atoms. The Balaban J connectivity index is 2.22. The fourth-order valence-corrected chi connectivity index (χ4v) is 2.13. The average molecular weight is 359 g/mol. The van der Waals surface area contributed by atoms with E-state index in [1.807, 2.05) is 0 Å². The van der Waals surface area contributed by atoms with Gasteiger partial charge in [0, 0.05) is 11.6 Å². The number of hydrogen-bond donors (Lipinski definition) is 2. The maximum atomic E-state index is 12.2. The molecule has 0 aliphatic heterocycles. The summed E-state index contributed by atoms with van der Waals surface area (Å²) in [7, 11) is 1.27. The first kappa shape index (κ1) is 18.7. The molecule has 2 aromatic rings. The number of methoxy groups -OCH3 is 1. The van der Waals surface area contributed by atoms with Gasteiger partial charge in [-0.15, -0.1) is 0 Å². The zero-order valence-corrected chi connectivity index (χ0v) is 14.1. The van der Waals surface area contributed by atoms with E-state index in [0.29, 0.717) is 12.4 Å². The van der Waals surface area contributed by atoms with Gasteiger partial charge in [-0.3, -0.25) is 14.9 Å². The molecule has 0 saturated carbocycles. The van der Waals surface area contributed by atoms with Gasteiger partial charge in [0.1, 0.15) is 5.75 Å². The number of nitrogens with one attached hydrogen (secondary N) is 1. The third-order valence-corrected chi connectivity index (χ3v) is 3.32. The van der Waals surface area contributed by atoms with E-state index >= 15 is 0 Å². The molecular formula is C17H17N3O6. The van der Waals surface area contributed by atoms with Crippen LogP contribution in [0.5, 0.6) is 17.2 Å². The average Bonchev–Trinajstić information content (AvgIpc) is 2.63. The highest BCUT2D eigenvalue weighted by Gasteiger charge is 2.16. The first-order chi connectivity index (χ1) is 12.5. The van der Waals surface area contributed by atoms with Crippen molar-refractivity contribution in [2.24, 2.45) is 5.10 Å². The number of benzene rings is 2. The number of non-ortho nitro benzene ring substituents is 1. The Morgan fingerprint density at radius 1 is 1.35 bits per heavy atom. The highest BCUT2D eigenvalue weighted by atomic mass is 16.6. The second-order valence-corrected chi connectivity index (χ2v) is 4.97. The first-order valence-corrected chi connectivity index (χ1v) is 7.58. The van der Waals surface area contributed by atoms with Gasteiger partial charge in [0.25, 0.3) is 11.6 Å². The van der Waals surface area contributed by atoms with Crippen molar-refractivity contribution in [3.05, 3.63) is 57.6 Å². The van der Waals surface area contributed by atoms with E-state index in [-0.39, 0.29) is 28.3 Å². The summed E-state index contributed by atoms with van der Waals surface area (Å²) < 4.78 is 10.3. The Kier molecular flexibility index (Phi) is 6.10. The molecule has 0 radical (unpaired) electrons. The highest BCUT2D eigenvalue weighted by molar-refractivity contribution is 5.97. The molecule has 0 atom stereocenters. The largest absolute Gasteiger partial charge is 0.504 e. The number of nitrogens with zero attached hydrogens (tertiary/aromatic N) is 2. The van der Waals surface area contributed by atoms with E-state index in [9.17, 15) is 20.0 Å². The van der Waals surface area contributed by atoms with Gasteiger partial charge < -0.3 is 14.6 Å². The lowest BCUT2D eigenvalue weighted by molar-refractivity contribution is -0.385. The molecule has 2 N–H and O–H groups in total. The molecule has 136 valence electrons. The molecule has 2 aromatic carbocycles. The summed E-state index contributed by atoms with van der Waals surface area (Å²) in [5.74, 6) is -0.524. The van der Waals surface area contributed by atoms with E-state index in [4.69, 9.17) is 9.47 Å². The summed E-state index contributed by atoms with van der Waals surface area (Å²) in [6.45, 7) is 2.19. The number of hydrazone groups is 1. The van der Waals surface area contributed by atoms with Crippen molar-refractivity contribution in [2.75, 3.05) is 13.7 Å². The molecule has 0 aromatic heterocycles. The summed E-state index contributed by atoms with van der Waals surface area (Å²) in [4.78, 5) is 22.5. The number of hydrogen-bond acceptors (Lipinski definition) is 7. The summed E-state index contributed by atoms with van der Waals surface area (Å²) in [6.07, 6.45) is 1.09. The maximum Gasteiger partial charge on any atom is 0.275 e. The summed E-state index contributed by atoms with van der Waals surface area (Å²) in [6, 6.07) is 8.84. The van der Waals surface area contributed by atoms with E-state index < -0.39 is 10.8 Å². The number of aromatic hydroxyl groups is 1. The minimum Gasteiger partial charge on any atom is -0.504 e. The molecule has 0 aliphatic rings. The fraction of sp³-hybridized carbons (Fsp3) is 0.176. The Labute approximate surface area is 149 Å². The molecule has 0 fully saturated rings. The summed E-state index contributed by atoms with van der Waals surface area (Å²) in [5.41, 5.74) is 2.31. The van der Waals surface area contributed by atoms with Crippen molar-refractivity contribution in [3.63, 3.8) is 0 Å². The minimum absolute atomic E-state index is 0.0226. The fourth-order valence-electron chi connectivity index (χ4n) is 2.13. The summed E-state index contributed by atoms with van der Waals surface area (Å²) in [5, 5.41) is 24.7. The third-order valence-electron chi connectivity index (χ3n) is 3.32. The predicted octanol–water partition coefficient (Wildman–Crippen LogP) is 2.47. The smallest absolute Gasteiger partial charge is 0.275 e. The van der Waals surface area contributed by atoms with Crippen molar-refractivity contribution in [1.82, 2.24) is 5.43 Å². The molecule has 0 saturated heterocycles. The molecule has 0 bridgehead atoms. The minimum atomic E-state index is -0.629. The normalized spacial score (nSPS) is 10.5. The molecule has 0 heterocycles. The first-order valence-electron chi connectivity index (χ1n) is 7.58. The lowest BCUT2D eigenvalue weighted by Crippen LogP contribution is -2.18. The second kappa shape index (κ2) is 8.47. The predicted molar refractivity (Wildman–Crippen MR) is 94.0 cm³/mol. The van der Waals surface area contributed by atoms with E-state index in [2.05, 4.69) is 10.5 Å². The van der Waals surface area contributed by atoms with Gasteiger partial charge in [-0.05, 0) is 19.1 Å². The zero-order chi connectivity index (χ0) is 19.1. The van der Waals surface area contributed by atoms with Crippen LogP contribution in [0.15, 0.2) is 41.5 Å². The van der Waals surface area contributed by atoms with Crippen LogP contribution < -0.4 is 14.9 Å². The highest BCUT2D eigenvalue weighted by Crippen LogP contribution is 2.33. The molecule has 2 rings (SSSR count). The van der Waals surface area contributed by atoms with Gasteiger partial charge >= 0.3 is 0 Å². The zero-order valence-electron chi connectivity index (χ0n) is 14.1. The number of carbonyl (C=O) groups excluding carboxylic acids is 1. The number of para-hydroxylation sites is 1. The van der Waals surface area contributed by atoms with Crippen molar-refractivity contribution < 1.29 is 24.3 Å². The van der Waals surface area contributed by atoms with Gasteiger partial charge in [0.05, 0.1) is 36.5 Å². The third kappa shape index (κ3) is 4.26. The molecule has 9 heteroatoms. The Bertz CT molecular complexity index is 850. The van der Waals surface area contributed by atoms with E-state index in [1.54, 1.807) is 31.2 Å². The number of carbonyl (C=O) groups is 1. The van der Waals surface area contributed by atoms with Crippen LogP contribution in [0, 0.1) is 10.1 Å². The topological polar surface area (TPSA) is 123 Å². The number of ether oxygens (including phenoxy) is 2. The van der Waals surface area contributed by atoms with E-state index in [1.165, 1.54) is 7.11 Å². The second-order valence-electron chi connectivity index (χ2n) is 4.97. The molecule has 0 unspecified atom stereocenters. The van der Waals surface area contributed by atoms with Crippen molar-refractivity contribution in [2.45, 2.75) is 6.92 Å². The van der Waals surface area contributed by atoms with Gasteiger partial charge in [-0.1, -0.05) is 12.1 Å². The standard InChI is InChI=1S/C17H17N3O6/c1-3-26-14-7-5-4-6-13(14)17(22)19-18-10-11-8-12(20(23)24)9-15(25-2)16(11)21/h4-10,21H,3H2,1-2H3,(H,19,22)/b18-10+. The van der Waals surface area contributed by atoms with Crippen LogP contribution >= 0.6 is 0 Å². The molecule has 0 aliphatic carbocycles. The Morgan fingerprint density at radius 2 is 2.08 bits per heavy atom. The van der Waals surface area contributed by atoms with Crippen LogP contribution in [0.1, 0.15) is 22.8 Å². The van der Waals surface area contributed by atoms with Gasteiger partial charge in [0.2, 0.25) is 0 Å². The number of nitro groups is 1. The van der Waals surface area contributed by atoms with Crippen LogP contribution in [0.25, 0.3) is 0 Å². The number of nitro benzene ring substituents is 1. The molecule has 26 heavy (non-hydrogen) atoms. The van der Waals surface area contributed by atoms with Gasteiger partial charge in [0.15, 0.2) is 11.5 Å². The van der Waals surface area contributed by atoms with Crippen molar-refractivity contribution >= 4 is 17.8 Å². The summed E-state index contributed by atoms with van der Waals surface area (Å²) >= 11 is 0. The number of amides is 1. The number of phenolic OH excluding ortho intramolecular Hbond substituents is 1. The maximum absolute atomic E-state index is 12.2. The van der Waals surface area contributed by atoms with Crippen LogP contribution in [0.4, 0.5) is 5.69 Å². The van der Waals surface area contributed by atoms with Crippen LogP contribution in [0.2, 0.25) is 0 Å². The molecule has 1 amide bonds. The van der Waals surface area contributed by atoms with Crippen molar-refractivity contribution in [1.29, 1.82) is 0 Å². The quantitative estimate of drug-likeness (QED) is 0.445. The molecular weight excluding hydrogens is 342 g/mol. The van der Waals surface area contributed by atoms with E-state index in [0.717, 1.165) is 18.3 Å². The van der Waals surface area contributed by atoms with Gasteiger partial charge in [-0.25, -0.2) is 5.43 Å². The van der Waals surface area contributed by atoms with Crippen LogP contribution in [-0.4, -0.2) is 35.9 Å².